The zero-order valence-electron chi connectivity index (χ0n) is 12.9. The molecule has 2 fully saturated rings. The molecule has 4 N–H and O–H groups in total. The number of hydrogen-bond donors (Lipinski definition) is 2. The van der Waals surface area contributed by atoms with E-state index in [2.05, 4.69) is 13.8 Å². The molecule has 2 aliphatic carbocycles. The molecule has 6 unspecified atom stereocenters. The fraction of sp³-hybridized carbons (Fsp3) is 1.00. The van der Waals surface area contributed by atoms with E-state index in [0.717, 1.165) is 23.7 Å². The van der Waals surface area contributed by atoms with E-state index >= 15 is 0 Å². The SMILES string of the molecule is CC.CC1CC(C2CCC(N)C(C)C2)CCC1N. The van der Waals surface area contributed by atoms with Gasteiger partial charge in [-0.3, -0.25) is 0 Å². The summed E-state index contributed by atoms with van der Waals surface area (Å²) in [5.74, 6) is 3.32. The largest absolute Gasteiger partial charge is 0.327 e. The normalized spacial score (nSPS) is 45.0. The monoisotopic (exact) mass is 254 g/mol. The van der Waals surface area contributed by atoms with Crippen molar-refractivity contribution in [3.05, 3.63) is 0 Å². The fourth-order valence-electron chi connectivity index (χ4n) is 3.78. The third kappa shape index (κ3) is 3.96. The molecule has 0 bridgehead atoms. The summed E-state index contributed by atoms with van der Waals surface area (Å²) >= 11 is 0. The second kappa shape index (κ2) is 7.49. The first kappa shape index (κ1) is 16.0. The van der Waals surface area contributed by atoms with Crippen LogP contribution < -0.4 is 11.5 Å². The molecule has 2 heteroatoms. The maximum atomic E-state index is 6.10. The predicted molar refractivity (Wildman–Crippen MR) is 80.3 cm³/mol. The van der Waals surface area contributed by atoms with E-state index in [-0.39, 0.29) is 0 Å². The van der Waals surface area contributed by atoms with Gasteiger partial charge in [-0.15, -0.1) is 0 Å². The first-order valence-electron chi connectivity index (χ1n) is 8.09. The minimum atomic E-state index is 0.458. The second-order valence-electron chi connectivity index (χ2n) is 6.43. The molecule has 0 aromatic heterocycles. The van der Waals surface area contributed by atoms with Gasteiger partial charge in [0.1, 0.15) is 0 Å². The van der Waals surface area contributed by atoms with E-state index in [0.29, 0.717) is 12.1 Å². The molecule has 0 amide bonds. The van der Waals surface area contributed by atoms with Crippen LogP contribution in [0.1, 0.15) is 66.2 Å². The maximum absolute atomic E-state index is 6.10. The molecule has 18 heavy (non-hydrogen) atoms. The summed E-state index contributed by atoms with van der Waals surface area (Å²) in [6, 6.07) is 0.916. The van der Waals surface area contributed by atoms with Gasteiger partial charge in [-0.25, -0.2) is 0 Å². The summed E-state index contributed by atoms with van der Waals surface area (Å²) in [6.45, 7) is 8.66. The van der Waals surface area contributed by atoms with E-state index in [9.17, 15) is 0 Å². The molecule has 0 saturated heterocycles. The van der Waals surface area contributed by atoms with Gasteiger partial charge >= 0.3 is 0 Å². The van der Waals surface area contributed by atoms with Crippen molar-refractivity contribution in [1.29, 1.82) is 0 Å². The lowest BCUT2D eigenvalue weighted by Crippen LogP contribution is -2.40. The quantitative estimate of drug-likeness (QED) is 0.752. The van der Waals surface area contributed by atoms with Crippen LogP contribution in [-0.4, -0.2) is 12.1 Å². The Kier molecular flexibility index (Phi) is 6.65. The molecule has 0 aromatic carbocycles. The maximum Gasteiger partial charge on any atom is 0.00647 e. The standard InChI is InChI=1S/C14H28N2.C2H6/c1-9-7-11(3-5-13(9)15)12-4-6-14(16)10(2)8-12;1-2/h9-14H,3-8,15-16H2,1-2H3;1-2H3. The van der Waals surface area contributed by atoms with Crippen molar-refractivity contribution < 1.29 is 0 Å². The third-order valence-corrected chi connectivity index (χ3v) is 5.22. The molecule has 2 aliphatic rings. The van der Waals surface area contributed by atoms with E-state index in [1.54, 1.807) is 0 Å². The van der Waals surface area contributed by atoms with Crippen molar-refractivity contribution in [3.63, 3.8) is 0 Å². The molecular weight excluding hydrogens is 220 g/mol. The van der Waals surface area contributed by atoms with Crippen LogP contribution in [-0.2, 0) is 0 Å². The van der Waals surface area contributed by atoms with Crippen molar-refractivity contribution >= 4 is 0 Å². The Morgan fingerprint density at radius 1 is 0.667 bits per heavy atom. The highest BCUT2D eigenvalue weighted by Crippen LogP contribution is 2.41. The van der Waals surface area contributed by atoms with Gasteiger partial charge in [0, 0.05) is 12.1 Å². The molecule has 0 heterocycles. The highest BCUT2D eigenvalue weighted by Gasteiger charge is 2.34. The lowest BCUT2D eigenvalue weighted by Gasteiger charge is -2.41. The van der Waals surface area contributed by atoms with Gasteiger partial charge in [-0.2, -0.15) is 0 Å². The van der Waals surface area contributed by atoms with E-state index in [1.165, 1.54) is 38.5 Å². The Hall–Kier alpha value is -0.0800. The molecule has 0 radical (unpaired) electrons. The summed E-state index contributed by atoms with van der Waals surface area (Å²) in [6.07, 6.45) is 7.91. The van der Waals surface area contributed by atoms with Crippen LogP contribution >= 0.6 is 0 Å². The predicted octanol–water partition coefficient (Wildman–Crippen LogP) is 3.54. The van der Waals surface area contributed by atoms with Crippen LogP contribution in [0.4, 0.5) is 0 Å². The van der Waals surface area contributed by atoms with Crippen molar-refractivity contribution in [2.24, 2.45) is 35.1 Å². The second-order valence-corrected chi connectivity index (χ2v) is 6.43. The zero-order chi connectivity index (χ0) is 13.7. The molecule has 2 rings (SSSR count). The molecule has 6 atom stereocenters. The summed E-state index contributed by atoms with van der Waals surface area (Å²) in [7, 11) is 0. The van der Waals surface area contributed by atoms with E-state index in [4.69, 9.17) is 11.5 Å². The molecule has 108 valence electrons. The summed E-state index contributed by atoms with van der Waals surface area (Å²) in [4.78, 5) is 0. The zero-order valence-corrected chi connectivity index (χ0v) is 12.9. The van der Waals surface area contributed by atoms with Crippen molar-refractivity contribution in [2.75, 3.05) is 0 Å². The highest BCUT2D eigenvalue weighted by molar-refractivity contribution is 4.88. The van der Waals surface area contributed by atoms with Crippen LogP contribution in [0, 0.1) is 23.7 Å². The molecule has 0 aliphatic heterocycles. The first-order chi connectivity index (χ1) is 8.58. The van der Waals surface area contributed by atoms with Gasteiger partial charge in [-0.1, -0.05) is 27.7 Å². The molecule has 2 nitrogen and oxygen atoms in total. The Bertz CT molecular complexity index is 205. The third-order valence-electron chi connectivity index (χ3n) is 5.22. The number of hydrogen-bond acceptors (Lipinski definition) is 2. The van der Waals surface area contributed by atoms with Gasteiger partial charge in [0.15, 0.2) is 0 Å². The topological polar surface area (TPSA) is 52.0 Å². The van der Waals surface area contributed by atoms with Gasteiger partial charge in [0.2, 0.25) is 0 Å². The lowest BCUT2D eigenvalue weighted by atomic mass is 9.67. The van der Waals surface area contributed by atoms with Crippen LogP contribution in [0.25, 0.3) is 0 Å². The van der Waals surface area contributed by atoms with Crippen LogP contribution in [0.2, 0.25) is 0 Å². The van der Waals surface area contributed by atoms with Gasteiger partial charge in [0.25, 0.3) is 0 Å². The molecule has 2 saturated carbocycles. The number of nitrogens with two attached hydrogens (primary N) is 2. The van der Waals surface area contributed by atoms with Crippen LogP contribution in [0.5, 0.6) is 0 Å². The van der Waals surface area contributed by atoms with Crippen molar-refractivity contribution in [3.8, 4) is 0 Å². The van der Waals surface area contributed by atoms with E-state index in [1.807, 2.05) is 13.8 Å². The summed E-state index contributed by atoms with van der Waals surface area (Å²) in [5.41, 5.74) is 12.2. The lowest BCUT2D eigenvalue weighted by molar-refractivity contribution is 0.123. The van der Waals surface area contributed by atoms with Gasteiger partial charge in [-0.05, 0) is 62.2 Å². The minimum absolute atomic E-state index is 0.458. The van der Waals surface area contributed by atoms with E-state index < -0.39 is 0 Å². The van der Waals surface area contributed by atoms with Crippen molar-refractivity contribution in [2.45, 2.75) is 78.3 Å². The fourth-order valence-corrected chi connectivity index (χ4v) is 3.78. The summed E-state index contributed by atoms with van der Waals surface area (Å²) in [5, 5.41) is 0. The van der Waals surface area contributed by atoms with Gasteiger partial charge < -0.3 is 11.5 Å². The van der Waals surface area contributed by atoms with Gasteiger partial charge in [0.05, 0.1) is 0 Å². The summed E-state index contributed by atoms with van der Waals surface area (Å²) < 4.78 is 0. The Morgan fingerprint density at radius 2 is 1.00 bits per heavy atom. The first-order valence-corrected chi connectivity index (χ1v) is 8.09. The average Bonchev–Trinajstić information content (AvgIpc) is 2.38. The van der Waals surface area contributed by atoms with Crippen molar-refractivity contribution in [1.82, 2.24) is 0 Å². The highest BCUT2D eigenvalue weighted by atomic mass is 14.7. The smallest absolute Gasteiger partial charge is 0.00647 e. The van der Waals surface area contributed by atoms with Crippen LogP contribution in [0.15, 0.2) is 0 Å². The average molecular weight is 254 g/mol. The Labute approximate surface area is 114 Å². The molecular formula is C16H34N2. The molecule has 0 aromatic rings. The Morgan fingerprint density at radius 3 is 1.28 bits per heavy atom. The number of rotatable bonds is 1. The van der Waals surface area contributed by atoms with Crippen LogP contribution in [0.3, 0.4) is 0 Å². The Balaban J connectivity index is 0.000000771. The minimum Gasteiger partial charge on any atom is -0.327 e. The molecule has 0 spiro atoms.